The third-order valence-corrected chi connectivity index (χ3v) is 5.03. The molecular formula is C13H28N2O4S. The second-order valence-electron chi connectivity index (χ2n) is 5.74. The van der Waals surface area contributed by atoms with Gasteiger partial charge in [0, 0.05) is 32.8 Å². The van der Waals surface area contributed by atoms with Crippen molar-refractivity contribution in [1.29, 1.82) is 0 Å². The number of aliphatic hydroxyl groups excluding tert-OH is 1. The highest BCUT2D eigenvalue weighted by Gasteiger charge is 2.27. The summed E-state index contributed by atoms with van der Waals surface area (Å²) in [5.41, 5.74) is 0. The lowest BCUT2D eigenvalue weighted by molar-refractivity contribution is 0.127. The van der Waals surface area contributed by atoms with Crippen molar-refractivity contribution in [2.75, 3.05) is 39.5 Å². The molecule has 1 heterocycles. The summed E-state index contributed by atoms with van der Waals surface area (Å²) < 4.78 is 33.5. The zero-order valence-corrected chi connectivity index (χ0v) is 13.4. The van der Waals surface area contributed by atoms with E-state index in [4.69, 9.17) is 9.84 Å². The van der Waals surface area contributed by atoms with Gasteiger partial charge in [0.05, 0.1) is 6.61 Å². The van der Waals surface area contributed by atoms with Crippen molar-refractivity contribution < 1.29 is 18.3 Å². The van der Waals surface area contributed by atoms with E-state index in [1.165, 1.54) is 4.31 Å². The van der Waals surface area contributed by atoms with Crippen LogP contribution in [-0.2, 0) is 14.9 Å². The minimum absolute atomic E-state index is 0.0460. The lowest BCUT2D eigenvalue weighted by Crippen LogP contribution is -2.47. The van der Waals surface area contributed by atoms with E-state index < -0.39 is 10.2 Å². The first-order chi connectivity index (χ1) is 9.45. The summed E-state index contributed by atoms with van der Waals surface area (Å²) in [6, 6.07) is 0. The first-order valence-corrected chi connectivity index (χ1v) is 8.83. The maximum absolute atomic E-state index is 12.1. The Morgan fingerprint density at radius 2 is 2.15 bits per heavy atom. The third-order valence-electron chi connectivity index (χ3n) is 3.45. The number of rotatable bonds is 9. The molecule has 1 fully saturated rings. The molecule has 2 N–H and O–H groups in total. The summed E-state index contributed by atoms with van der Waals surface area (Å²) in [7, 11) is -3.44. The maximum atomic E-state index is 12.1. The molecule has 0 aliphatic carbocycles. The zero-order valence-electron chi connectivity index (χ0n) is 12.5. The topological polar surface area (TPSA) is 78.9 Å². The van der Waals surface area contributed by atoms with E-state index in [9.17, 15) is 8.42 Å². The highest BCUT2D eigenvalue weighted by Crippen LogP contribution is 2.17. The predicted molar refractivity (Wildman–Crippen MR) is 78.6 cm³/mol. The molecule has 1 saturated heterocycles. The van der Waals surface area contributed by atoms with Crippen molar-refractivity contribution in [3.8, 4) is 0 Å². The van der Waals surface area contributed by atoms with Crippen molar-refractivity contribution >= 4 is 10.2 Å². The van der Waals surface area contributed by atoms with Gasteiger partial charge in [0.15, 0.2) is 0 Å². The standard InChI is InChI=1S/C13H28N2O4S/c1-12(2)5-8-19-9-6-14-20(17,18)15-7-3-4-13(10-15)11-16/h12-14,16H,3-11H2,1-2H3. The van der Waals surface area contributed by atoms with Crippen LogP contribution in [0.2, 0.25) is 0 Å². The molecule has 1 rings (SSSR count). The zero-order chi connectivity index (χ0) is 15.0. The van der Waals surface area contributed by atoms with Gasteiger partial charge < -0.3 is 9.84 Å². The van der Waals surface area contributed by atoms with E-state index in [0.717, 1.165) is 19.3 Å². The smallest absolute Gasteiger partial charge is 0.279 e. The Hall–Kier alpha value is -0.210. The minimum Gasteiger partial charge on any atom is -0.396 e. The molecule has 0 saturated carbocycles. The molecule has 0 radical (unpaired) electrons. The molecule has 0 bridgehead atoms. The van der Waals surface area contributed by atoms with Crippen LogP contribution in [-0.4, -0.2) is 57.3 Å². The molecule has 7 heteroatoms. The van der Waals surface area contributed by atoms with Gasteiger partial charge in [0.2, 0.25) is 0 Å². The molecule has 1 unspecified atom stereocenters. The first-order valence-electron chi connectivity index (χ1n) is 7.39. The van der Waals surface area contributed by atoms with Crippen LogP contribution in [0.1, 0.15) is 33.1 Å². The van der Waals surface area contributed by atoms with Gasteiger partial charge in [-0.1, -0.05) is 13.8 Å². The highest BCUT2D eigenvalue weighted by molar-refractivity contribution is 7.87. The molecule has 0 spiro atoms. The molecular weight excluding hydrogens is 280 g/mol. The number of aliphatic hydroxyl groups is 1. The summed E-state index contributed by atoms with van der Waals surface area (Å²) in [5, 5.41) is 9.13. The van der Waals surface area contributed by atoms with Crippen LogP contribution >= 0.6 is 0 Å². The SMILES string of the molecule is CC(C)CCOCCNS(=O)(=O)N1CCCC(CO)C1. The Morgan fingerprint density at radius 1 is 1.40 bits per heavy atom. The van der Waals surface area contributed by atoms with Crippen LogP contribution in [0.3, 0.4) is 0 Å². The fourth-order valence-electron chi connectivity index (χ4n) is 2.15. The number of piperidine rings is 1. The van der Waals surface area contributed by atoms with Gasteiger partial charge in [0.1, 0.15) is 0 Å². The number of ether oxygens (including phenoxy) is 1. The lowest BCUT2D eigenvalue weighted by Gasteiger charge is -2.30. The molecule has 20 heavy (non-hydrogen) atoms. The molecule has 6 nitrogen and oxygen atoms in total. The summed E-state index contributed by atoms with van der Waals surface area (Å²) in [5.74, 6) is 0.651. The van der Waals surface area contributed by atoms with Crippen LogP contribution in [0.15, 0.2) is 0 Å². The summed E-state index contributed by atoms with van der Waals surface area (Å²) in [4.78, 5) is 0. The van der Waals surface area contributed by atoms with E-state index in [-0.39, 0.29) is 12.5 Å². The molecule has 0 aromatic carbocycles. The van der Waals surface area contributed by atoms with Crippen LogP contribution in [0, 0.1) is 11.8 Å². The van der Waals surface area contributed by atoms with Gasteiger partial charge in [-0.15, -0.1) is 0 Å². The quantitative estimate of drug-likeness (QED) is 0.611. The Kier molecular flexibility index (Phi) is 7.98. The molecule has 1 aliphatic heterocycles. The van der Waals surface area contributed by atoms with Crippen molar-refractivity contribution in [2.45, 2.75) is 33.1 Å². The monoisotopic (exact) mass is 308 g/mol. The van der Waals surface area contributed by atoms with Crippen LogP contribution < -0.4 is 4.72 Å². The normalized spacial score (nSPS) is 21.5. The first kappa shape index (κ1) is 17.8. The second-order valence-corrected chi connectivity index (χ2v) is 7.50. The fraction of sp³-hybridized carbons (Fsp3) is 1.00. The number of hydrogen-bond acceptors (Lipinski definition) is 4. The van der Waals surface area contributed by atoms with E-state index in [2.05, 4.69) is 18.6 Å². The van der Waals surface area contributed by atoms with E-state index in [1.54, 1.807) is 0 Å². The van der Waals surface area contributed by atoms with Crippen molar-refractivity contribution in [2.24, 2.45) is 11.8 Å². The minimum atomic E-state index is -3.44. The van der Waals surface area contributed by atoms with Crippen molar-refractivity contribution in [3.63, 3.8) is 0 Å². The van der Waals surface area contributed by atoms with E-state index in [0.29, 0.717) is 38.8 Å². The lowest BCUT2D eigenvalue weighted by atomic mass is 10.0. The average molecular weight is 308 g/mol. The van der Waals surface area contributed by atoms with E-state index >= 15 is 0 Å². The van der Waals surface area contributed by atoms with Gasteiger partial charge in [-0.25, -0.2) is 0 Å². The number of nitrogens with zero attached hydrogens (tertiary/aromatic N) is 1. The Bertz CT molecular complexity index is 359. The molecule has 0 aromatic heterocycles. The van der Waals surface area contributed by atoms with Gasteiger partial charge in [-0.05, 0) is 31.1 Å². The Balaban J connectivity index is 2.24. The predicted octanol–water partition coefficient (Wildman–Crippen LogP) is 0.588. The fourth-order valence-corrected chi connectivity index (χ4v) is 3.45. The van der Waals surface area contributed by atoms with Crippen LogP contribution in [0.25, 0.3) is 0 Å². The summed E-state index contributed by atoms with van der Waals surface area (Å²) in [6.07, 6.45) is 2.68. The molecule has 1 atom stereocenters. The molecule has 1 aliphatic rings. The molecule has 0 amide bonds. The molecule has 0 aromatic rings. The van der Waals surface area contributed by atoms with Crippen molar-refractivity contribution in [3.05, 3.63) is 0 Å². The summed E-state index contributed by atoms with van der Waals surface area (Å²) in [6.45, 7) is 6.57. The Labute approximate surface area is 122 Å². The Morgan fingerprint density at radius 3 is 2.80 bits per heavy atom. The highest BCUT2D eigenvalue weighted by atomic mass is 32.2. The largest absolute Gasteiger partial charge is 0.396 e. The maximum Gasteiger partial charge on any atom is 0.279 e. The number of nitrogens with one attached hydrogen (secondary N) is 1. The second kappa shape index (κ2) is 8.94. The van der Waals surface area contributed by atoms with Crippen LogP contribution in [0.5, 0.6) is 0 Å². The number of hydrogen-bond donors (Lipinski definition) is 2. The van der Waals surface area contributed by atoms with E-state index in [1.807, 2.05) is 0 Å². The van der Waals surface area contributed by atoms with Gasteiger partial charge in [-0.2, -0.15) is 17.4 Å². The summed E-state index contributed by atoms with van der Waals surface area (Å²) >= 11 is 0. The van der Waals surface area contributed by atoms with Gasteiger partial charge in [0.25, 0.3) is 10.2 Å². The van der Waals surface area contributed by atoms with Crippen LogP contribution in [0.4, 0.5) is 0 Å². The van der Waals surface area contributed by atoms with Gasteiger partial charge >= 0.3 is 0 Å². The molecule has 120 valence electrons. The third kappa shape index (κ3) is 6.49. The average Bonchev–Trinajstić information content (AvgIpc) is 2.42. The van der Waals surface area contributed by atoms with Crippen molar-refractivity contribution in [1.82, 2.24) is 9.03 Å². The van der Waals surface area contributed by atoms with Gasteiger partial charge in [-0.3, -0.25) is 0 Å².